The van der Waals surface area contributed by atoms with Crippen LogP contribution in [0.2, 0.25) is 0 Å². The minimum absolute atomic E-state index is 0.168. The Kier molecular flexibility index (Phi) is 3.03. The monoisotopic (exact) mass is 283 g/mol. The van der Waals surface area contributed by atoms with Crippen LogP contribution in [0.4, 0.5) is 0 Å². The van der Waals surface area contributed by atoms with Crippen molar-refractivity contribution in [2.75, 3.05) is 5.75 Å². The van der Waals surface area contributed by atoms with Gasteiger partial charge in [-0.2, -0.15) is 0 Å². The zero-order chi connectivity index (χ0) is 14.2. The summed E-state index contributed by atoms with van der Waals surface area (Å²) in [5.41, 5.74) is -0.202. The van der Waals surface area contributed by atoms with E-state index in [0.29, 0.717) is 5.52 Å². The minimum atomic E-state index is -4.23. The summed E-state index contributed by atoms with van der Waals surface area (Å²) in [5.74, 6) is -4.16. The van der Waals surface area contributed by atoms with Crippen molar-refractivity contribution in [2.45, 2.75) is 4.90 Å². The van der Waals surface area contributed by atoms with Gasteiger partial charge in [0, 0.05) is 10.9 Å². The molecule has 3 N–H and O–H groups in total. The van der Waals surface area contributed by atoms with Crippen LogP contribution in [0.5, 0.6) is 0 Å². The molecule has 8 heteroatoms. The third kappa shape index (κ3) is 2.29. The van der Waals surface area contributed by atoms with Gasteiger partial charge in [-0.1, -0.05) is 18.2 Å². The molecule has 2 rings (SSSR count). The molecule has 0 atom stereocenters. The third-order valence-electron chi connectivity index (χ3n) is 2.50. The minimum Gasteiger partial charge on any atom is -0.480 e. The van der Waals surface area contributed by atoms with Crippen molar-refractivity contribution in [2.24, 2.45) is 0 Å². The van der Waals surface area contributed by atoms with E-state index in [0.717, 1.165) is 0 Å². The van der Waals surface area contributed by atoms with Crippen molar-refractivity contribution in [3.8, 4) is 0 Å². The SMILES string of the molecule is O=C(O)CS(=O)(=O)c1c(C(=O)O)[nH]c2ccccc12. The number of H-pyrrole nitrogens is 1. The van der Waals surface area contributed by atoms with Gasteiger partial charge in [0.25, 0.3) is 0 Å². The number of sulfone groups is 1. The molecule has 19 heavy (non-hydrogen) atoms. The number of hydrogen-bond donors (Lipinski definition) is 3. The first-order chi connectivity index (χ1) is 8.83. The van der Waals surface area contributed by atoms with Gasteiger partial charge in [-0.15, -0.1) is 0 Å². The van der Waals surface area contributed by atoms with Crippen molar-refractivity contribution >= 4 is 32.7 Å². The van der Waals surface area contributed by atoms with Crippen molar-refractivity contribution in [3.05, 3.63) is 30.0 Å². The summed E-state index contributed by atoms with van der Waals surface area (Å²) in [6, 6.07) is 6.09. The van der Waals surface area contributed by atoms with Crippen LogP contribution in [0.3, 0.4) is 0 Å². The lowest BCUT2D eigenvalue weighted by Gasteiger charge is -2.01. The molecule has 0 aliphatic rings. The molecule has 0 aliphatic heterocycles. The van der Waals surface area contributed by atoms with E-state index in [1.165, 1.54) is 12.1 Å². The highest BCUT2D eigenvalue weighted by Gasteiger charge is 2.29. The number of carbonyl (C=O) groups is 2. The Morgan fingerprint density at radius 3 is 2.37 bits per heavy atom. The van der Waals surface area contributed by atoms with Crippen LogP contribution in [0.1, 0.15) is 10.5 Å². The standard InChI is InChI=1S/C11H9NO6S/c13-8(14)5-19(17,18)10-6-3-1-2-4-7(6)12-9(10)11(15)16/h1-4,12H,5H2,(H,13,14)(H,15,16). The number of nitrogens with one attached hydrogen (secondary N) is 1. The highest BCUT2D eigenvalue weighted by atomic mass is 32.2. The fourth-order valence-corrected chi connectivity index (χ4v) is 3.26. The van der Waals surface area contributed by atoms with E-state index in [1.807, 2.05) is 0 Å². The molecule has 1 heterocycles. The highest BCUT2D eigenvalue weighted by molar-refractivity contribution is 7.92. The first-order valence-electron chi connectivity index (χ1n) is 5.11. The fourth-order valence-electron chi connectivity index (χ4n) is 1.82. The summed E-state index contributed by atoms with van der Waals surface area (Å²) in [6.45, 7) is 0. The number of carboxylic acid groups (broad SMARTS) is 2. The number of hydrogen-bond acceptors (Lipinski definition) is 4. The number of aromatic carboxylic acids is 1. The van der Waals surface area contributed by atoms with Crippen LogP contribution < -0.4 is 0 Å². The van der Waals surface area contributed by atoms with Crippen molar-refractivity contribution in [1.29, 1.82) is 0 Å². The number of aromatic amines is 1. The number of benzene rings is 1. The molecular formula is C11H9NO6S. The number of aliphatic carboxylic acids is 1. The maximum atomic E-state index is 12.0. The molecule has 0 saturated heterocycles. The largest absolute Gasteiger partial charge is 0.480 e. The Bertz CT molecular complexity index is 774. The van der Waals surface area contributed by atoms with Gasteiger partial charge in [0.1, 0.15) is 10.6 Å². The second kappa shape index (κ2) is 4.39. The van der Waals surface area contributed by atoms with E-state index < -0.39 is 38.1 Å². The van der Waals surface area contributed by atoms with Gasteiger partial charge < -0.3 is 15.2 Å². The van der Waals surface area contributed by atoms with E-state index in [9.17, 15) is 18.0 Å². The number of rotatable bonds is 4. The molecule has 0 unspecified atom stereocenters. The number of carboxylic acids is 2. The van der Waals surface area contributed by atoms with Gasteiger partial charge in [-0.25, -0.2) is 13.2 Å². The first kappa shape index (κ1) is 13.1. The lowest BCUT2D eigenvalue weighted by Crippen LogP contribution is -2.17. The second-order valence-corrected chi connectivity index (χ2v) is 5.76. The average molecular weight is 283 g/mol. The highest BCUT2D eigenvalue weighted by Crippen LogP contribution is 2.27. The Morgan fingerprint density at radius 2 is 1.79 bits per heavy atom. The maximum Gasteiger partial charge on any atom is 0.353 e. The molecule has 100 valence electrons. The quantitative estimate of drug-likeness (QED) is 0.759. The van der Waals surface area contributed by atoms with E-state index >= 15 is 0 Å². The molecule has 0 spiro atoms. The van der Waals surface area contributed by atoms with Gasteiger partial charge in [-0.3, -0.25) is 4.79 Å². The average Bonchev–Trinajstić information content (AvgIpc) is 2.66. The molecule has 2 aromatic rings. The molecule has 0 saturated carbocycles. The Hall–Kier alpha value is -2.35. The van der Waals surface area contributed by atoms with Crippen LogP contribution >= 0.6 is 0 Å². The Balaban J connectivity index is 2.80. The van der Waals surface area contributed by atoms with E-state index in [1.54, 1.807) is 12.1 Å². The molecule has 1 aromatic heterocycles. The molecular weight excluding hydrogens is 274 g/mol. The van der Waals surface area contributed by atoms with Gasteiger partial charge >= 0.3 is 11.9 Å². The second-order valence-electron chi connectivity index (χ2n) is 3.83. The first-order valence-corrected chi connectivity index (χ1v) is 6.76. The van der Waals surface area contributed by atoms with Crippen LogP contribution in [0.25, 0.3) is 10.9 Å². The molecule has 0 aliphatic carbocycles. The van der Waals surface area contributed by atoms with Crippen molar-refractivity contribution in [1.82, 2.24) is 4.98 Å². The zero-order valence-electron chi connectivity index (χ0n) is 9.45. The molecule has 0 fully saturated rings. The molecule has 0 radical (unpaired) electrons. The molecule has 0 amide bonds. The summed E-state index contributed by atoms with van der Waals surface area (Å²) >= 11 is 0. The van der Waals surface area contributed by atoms with E-state index in [2.05, 4.69) is 4.98 Å². The number of aromatic nitrogens is 1. The summed E-state index contributed by atoms with van der Waals surface area (Å²) in [7, 11) is -4.23. The number of fused-ring (bicyclic) bond motifs is 1. The van der Waals surface area contributed by atoms with Gasteiger partial charge in [0.2, 0.25) is 0 Å². The summed E-state index contributed by atoms with van der Waals surface area (Å²) in [6.07, 6.45) is 0. The molecule has 0 bridgehead atoms. The maximum absolute atomic E-state index is 12.0. The Labute approximate surface area is 107 Å². The Morgan fingerprint density at radius 1 is 1.16 bits per heavy atom. The predicted octanol–water partition coefficient (Wildman–Crippen LogP) is 0.724. The van der Waals surface area contributed by atoms with Gasteiger partial charge in [-0.05, 0) is 6.07 Å². The normalized spacial score (nSPS) is 11.6. The molecule has 7 nitrogen and oxygen atoms in total. The topological polar surface area (TPSA) is 125 Å². The van der Waals surface area contributed by atoms with Crippen molar-refractivity contribution in [3.63, 3.8) is 0 Å². The van der Waals surface area contributed by atoms with Crippen LogP contribution in [-0.4, -0.2) is 41.3 Å². The van der Waals surface area contributed by atoms with Gasteiger partial charge in [0.05, 0.1) is 0 Å². The summed E-state index contributed by atoms with van der Waals surface area (Å²) in [5, 5.41) is 17.8. The zero-order valence-corrected chi connectivity index (χ0v) is 10.3. The van der Waals surface area contributed by atoms with Crippen LogP contribution in [-0.2, 0) is 14.6 Å². The summed E-state index contributed by atoms with van der Waals surface area (Å²) < 4.78 is 24.0. The molecule has 1 aromatic carbocycles. The predicted molar refractivity (Wildman–Crippen MR) is 64.9 cm³/mol. The van der Waals surface area contributed by atoms with Gasteiger partial charge in [0.15, 0.2) is 15.6 Å². The van der Waals surface area contributed by atoms with E-state index in [-0.39, 0.29) is 5.39 Å². The fraction of sp³-hybridized carbons (Fsp3) is 0.0909. The lowest BCUT2D eigenvalue weighted by atomic mass is 10.2. The third-order valence-corrected chi connectivity index (χ3v) is 4.17. The van der Waals surface area contributed by atoms with Crippen LogP contribution in [0, 0.1) is 0 Å². The van der Waals surface area contributed by atoms with E-state index in [4.69, 9.17) is 10.2 Å². The van der Waals surface area contributed by atoms with Crippen LogP contribution in [0.15, 0.2) is 29.2 Å². The van der Waals surface area contributed by atoms with Crippen molar-refractivity contribution < 1.29 is 28.2 Å². The lowest BCUT2D eigenvalue weighted by molar-refractivity contribution is -0.134. The number of para-hydroxylation sites is 1. The summed E-state index contributed by atoms with van der Waals surface area (Å²) in [4.78, 5) is 23.7. The smallest absolute Gasteiger partial charge is 0.353 e.